The van der Waals surface area contributed by atoms with Gasteiger partial charge in [-0.3, -0.25) is 0 Å². The van der Waals surface area contributed by atoms with Crippen LogP contribution in [0.1, 0.15) is 18.9 Å². The summed E-state index contributed by atoms with van der Waals surface area (Å²) in [5.41, 5.74) is 1.74. The average molecular weight is 469 g/mol. The molecule has 3 aliphatic rings. The molecule has 2 aromatic rings. The minimum atomic E-state index is -0.413. The number of benzene rings is 1. The molecule has 0 radical (unpaired) electrons. The number of halogens is 1. The van der Waals surface area contributed by atoms with Gasteiger partial charge in [0.15, 0.2) is 23.7 Å². The van der Waals surface area contributed by atoms with E-state index in [9.17, 15) is 10.2 Å². The van der Waals surface area contributed by atoms with Crippen LogP contribution in [0.3, 0.4) is 0 Å². The molecule has 0 amide bonds. The molecule has 1 aromatic heterocycles. The summed E-state index contributed by atoms with van der Waals surface area (Å²) >= 11 is 6.63. The quantitative estimate of drug-likeness (QED) is 0.445. The number of hydrogen-bond acceptors (Lipinski definition) is 6. The first-order valence-electron chi connectivity index (χ1n) is 10.9. The van der Waals surface area contributed by atoms with Gasteiger partial charge in [-0.15, -0.1) is 11.6 Å². The first-order valence-corrected chi connectivity index (χ1v) is 11.3. The van der Waals surface area contributed by atoms with E-state index in [1.54, 1.807) is 12.1 Å². The van der Waals surface area contributed by atoms with E-state index in [0.29, 0.717) is 18.4 Å². The minimum absolute atomic E-state index is 0.0747. The van der Waals surface area contributed by atoms with Crippen molar-refractivity contribution in [2.45, 2.75) is 30.9 Å². The monoisotopic (exact) mass is 468 g/mol. The van der Waals surface area contributed by atoms with Crippen molar-refractivity contribution in [3.05, 3.63) is 70.3 Å². The number of imidazole rings is 1. The number of aliphatic hydroxyl groups is 1. The lowest BCUT2D eigenvalue weighted by atomic mass is 9.95. The van der Waals surface area contributed by atoms with Gasteiger partial charge in [0.2, 0.25) is 0 Å². The van der Waals surface area contributed by atoms with Gasteiger partial charge in [-0.1, -0.05) is 42.5 Å². The number of aromatic amines is 1. The number of allylic oxidation sites excluding steroid dienone is 4. The summed E-state index contributed by atoms with van der Waals surface area (Å²) in [6.45, 7) is 2.37. The number of aromatic hydroxyl groups is 1. The smallest absolute Gasteiger partial charge is 0.295 e. The molecule has 2 unspecified atom stereocenters. The van der Waals surface area contributed by atoms with Crippen molar-refractivity contribution >= 4 is 29.3 Å². The molecule has 7 nitrogen and oxygen atoms in total. The number of aromatic nitrogens is 2. The third-order valence-electron chi connectivity index (χ3n) is 6.02. The number of fused-ring (bicyclic) bond motifs is 2. The SMILES string of the molecule is C/C=C(\C=C/CC1C=c2[nH]c(O[C@@H]3COC4=C(O)CO[C@@H]43)nc2=CC1Cl)c1ccccc1O. The predicted molar refractivity (Wildman–Crippen MR) is 125 cm³/mol. The van der Waals surface area contributed by atoms with Gasteiger partial charge in [0.1, 0.15) is 19.0 Å². The molecule has 0 spiro atoms. The van der Waals surface area contributed by atoms with Crippen LogP contribution in [0.5, 0.6) is 11.8 Å². The fraction of sp³-hybridized carbons (Fsp3) is 0.320. The van der Waals surface area contributed by atoms with Gasteiger partial charge in [-0.2, -0.15) is 4.98 Å². The Hall–Kier alpha value is -3.16. The third kappa shape index (κ3) is 4.26. The molecule has 1 aromatic carbocycles. The molecule has 172 valence electrons. The summed E-state index contributed by atoms with van der Waals surface area (Å²) in [6, 6.07) is 7.65. The predicted octanol–water partition coefficient (Wildman–Crippen LogP) is 2.91. The van der Waals surface area contributed by atoms with Crippen LogP contribution in [0.4, 0.5) is 0 Å². The van der Waals surface area contributed by atoms with Crippen molar-refractivity contribution in [3.8, 4) is 11.8 Å². The highest BCUT2D eigenvalue weighted by molar-refractivity contribution is 6.24. The zero-order valence-corrected chi connectivity index (χ0v) is 18.8. The fourth-order valence-electron chi connectivity index (χ4n) is 4.30. The number of nitrogens with zero attached hydrogens (tertiary/aromatic N) is 1. The van der Waals surface area contributed by atoms with E-state index in [1.165, 1.54) is 0 Å². The summed E-state index contributed by atoms with van der Waals surface area (Å²) in [5.74, 6) is 0.902. The minimum Gasteiger partial charge on any atom is -0.507 e. The average Bonchev–Trinajstić information content (AvgIpc) is 3.49. The number of para-hydroxylation sites is 1. The third-order valence-corrected chi connectivity index (χ3v) is 6.47. The molecule has 4 atom stereocenters. The van der Waals surface area contributed by atoms with Crippen LogP contribution in [-0.4, -0.2) is 51.0 Å². The van der Waals surface area contributed by atoms with E-state index in [0.717, 1.165) is 28.3 Å². The van der Waals surface area contributed by atoms with E-state index < -0.39 is 6.10 Å². The number of aliphatic hydroxyl groups excluding tert-OH is 1. The number of rotatable bonds is 6. The Morgan fingerprint density at radius 2 is 2.15 bits per heavy atom. The van der Waals surface area contributed by atoms with Crippen LogP contribution < -0.4 is 15.4 Å². The number of nitrogens with one attached hydrogen (secondary N) is 1. The normalized spacial score (nSPS) is 26.5. The molecule has 8 heteroatoms. The second kappa shape index (κ2) is 9.00. The standard InChI is InChI=1S/C25H25ClN2O5/c1-2-14(16-8-3-4-9-20(16)29)6-5-7-15-10-18-19(11-17(15)26)28-25(27-18)33-22-13-32-23-21(30)12-31-24(22)23/h2-6,8-11,15,17,22,24,29-30H,7,12-13H2,1H3,(H,27,28)/b6-5-,14-2+/t15?,17?,22-,24-/m1/s1. The van der Waals surface area contributed by atoms with E-state index in [1.807, 2.05) is 37.3 Å². The molecule has 1 aliphatic carbocycles. The Morgan fingerprint density at radius 1 is 1.30 bits per heavy atom. The highest BCUT2D eigenvalue weighted by Gasteiger charge is 2.43. The second-order valence-corrected chi connectivity index (χ2v) is 8.70. The number of phenols is 1. The molecule has 0 bridgehead atoms. The number of hydrogen-bond donors (Lipinski definition) is 3. The van der Waals surface area contributed by atoms with Gasteiger partial charge >= 0.3 is 0 Å². The second-order valence-electron chi connectivity index (χ2n) is 8.19. The van der Waals surface area contributed by atoms with Gasteiger partial charge in [0.25, 0.3) is 6.01 Å². The fourth-order valence-corrected chi connectivity index (χ4v) is 4.59. The molecule has 3 N–H and O–H groups in total. The molecule has 1 saturated heterocycles. The Kier molecular flexibility index (Phi) is 5.91. The molecule has 0 saturated carbocycles. The molecule has 1 fully saturated rings. The summed E-state index contributed by atoms with van der Waals surface area (Å²) in [6.07, 6.45) is 9.97. The van der Waals surface area contributed by atoms with Crippen LogP contribution in [0.25, 0.3) is 17.7 Å². The highest BCUT2D eigenvalue weighted by Crippen LogP contribution is 2.31. The van der Waals surface area contributed by atoms with E-state index >= 15 is 0 Å². The maximum absolute atomic E-state index is 10.1. The largest absolute Gasteiger partial charge is 0.507 e. The summed E-state index contributed by atoms with van der Waals surface area (Å²) in [4.78, 5) is 7.72. The lowest BCUT2D eigenvalue weighted by Gasteiger charge is -2.16. The van der Waals surface area contributed by atoms with Crippen LogP contribution >= 0.6 is 11.6 Å². The van der Waals surface area contributed by atoms with Crippen molar-refractivity contribution in [3.63, 3.8) is 0 Å². The molecular formula is C25H25ClN2O5. The first-order chi connectivity index (χ1) is 16.0. The molecular weight excluding hydrogens is 444 g/mol. The topological polar surface area (TPSA) is 96.8 Å². The first kappa shape index (κ1) is 21.7. The summed E-state index contributed by atoms with van der Waals surface area (Å²) < 4.78 is 17.0. The van der Waals surface area contributed by atoms with Crippen molar-refractivity contribution in [2.24, 2.45) is 5.92 Å². The highest BCUT2D eigenvalue weighted by atomic mass is 35.5. The van der Waals surface area contributed by atoms with E-state index in [2.05, 4.69) is 22.1 Å². The maximum Gasteiger partial charge on any atom is 0.295 e. The van der Waals surface area contributed by atoms with Crippen molar-refractivity contribution in [1.29, 1.82) is 0 Å². The molecule has 5 rings (SSSR count). The lowest BCUT2D eigenvalue weighted by molar-refractivity contribution is 0.0283. The van der Waals surface area contributed by atoms with E-state index in [4.69, 9.17) is 25.8 Å². The number of phenolic OH excluding ortho intramolecular Hbond substituents is 1. The van der Waals surface area contributed by atoms with Gasteiger partial charge in [-0.25, -0.2) is 0 Å². The zero-order chi connectivity index (χ0) is 22.9. The van der Waals surface area contributed by atoms with Crippen LogP contribution in [0.15, 0.2) is 54.0 Å². The maximum atomic E-state index is 10.1. The Balaban J connectivity index is 1.28. The number of ether oxygens (including phenoxy) is 3. The van der Waals surface area contributed by atoms with Crippen molar-refractivity contribution in [2.75, 3.05) is 13.2 Å². The van der Waals surface area contributed by atoms with Crippen molar-refractivity contribution in [1.82, 2.24) is 9.97 Å². The van der Waals surface area contributed by atoms with Crippen molar-refractivity contribution < 1.29 is 24.4 Å². The van der Waals surface area contributed by atoms with Crippen LogP contribution in [-0.2, 0) is 9.47 Å². The Labute approximate surface area is 196 Å². The van der Waals surface area contributed by atoms with E-state index in [-0.39, 0.29) is 35.5 Å². The molecule has 33 heavy (non-hydrogen) atoms. The number of H-pyrrole nitrogens is 1. The molecule has 3 heterocycles. The summed E-state index contributed by atoms with van der Waals surface area (Å²) in [7, 11) is 0. The molecule has 2 aliphatic heterocycles. The van der Waals surface area contributed by atoms with Gasteiger partial charge in [-0.05, 0) is 31.1 Å². The van der Waals surface area contributed by atoms with Crippen LogP contribution in [0.2, 0.25) is 0 Å². The zero-order valence-electron chi connectivity index (χ0n) is 18.1. The van der Waals surface area contributed by atoms with Gasteiger partial charge < -0.3 is 29.4 Å². The Morgan fingerprint density at radius 3 is 2.97 bits per heavy atom. The van der Waals surface area contributed by atoms with Crippen LogP contribution in [0, 0.1) is 5.92 Å². The van der Waals surface area contributed by atoms with Gasteiger partial charge in [0, 0.05) is 11.5 Å². The Bertz CT molecular complexity index is 1260. The van der Waals surface area contributed by atoms with Gasteiger partial charge in [0.05, 0.1) is 16.1 Å². The lowest BCUT2D eigenvalue weighted by Crippen LogP contribution is -2.33. The number of alkyl halides is 1. The summed E-state index contributed by atoms with van der Waals surface area (Å²) in [5, 5.41) is 21.3.